The van der Waals surface area contributed by atoms with Gasteiger partial charge in [-0.2, -0.15) is 5.48 Å². The van der Waals surface area contributed by atoms with E-state index < -0.39 is 0 Å². The highest BCUT2D eigenvalue weighted by molar-refractivity contribution is 5.97. The van der Waals surface area contributed by atoms with Gasteiger partial charge in [-0.1, -0.05) is 13.0 Å². The van der Waals surface area contributed by atoms with Crippen LogP contribution in [0.2, 0.25) is 0 Å². The molecular formula is C10H13N3O2. The predicted molar refractivity (Wildman–Crippen MR) is 56.4 cm³/mol. The highest BCUT2D eigenvalue weighted by Gasteiger charge is 2.08. The topological polar surface area (TPSA) is 63.6 Å². The molecule has 0 bridgehead atoms. The molecule has 0 aliphatic carbocycles. The Balaban J connectivity index is 2.96. The second kappa shape index (κ2) is 5.74. The molecule has 15 heavy (non-hydrogen) atoms. The number of nitrogens with zero attached hydrogens (tertiary/aromatic N) is 2. The van der Waals surface area contributed by atoms with Gasteiger partial charge < -0.3 is 4.84 Å². The largest absolute Gasteiger partial charge is 0.345 e. The fraction of sp³-hybridized carbons (Fsp3) is 0.300. The number of aliphatic imine (C=N–C) groups is 1. The molecule has 80 valence electrons. The maximum atomic E-state index is 10.1. The Labute approximate surface area is 88.2 Å². The van der Waals surface area contributed by atoms with Gasteiger partial charge in [0.1, 0.15) is 5.69 Å². The fourth-order valence-corrected chi connectivity index (χ4v) is 1.22. The smallest absolute Gasteiger partial charge is 0.320 e. The highest BCUT2D eigenvalue weighted by atomic mass is 16.7. The third kappa shape index (κ3) is 2.77. The van der Waals surface area contributed by atoms with E-state index in [1.807, 2.05) is 19.1 Å². The lowest BCUT2D eigenvalue weighted by molar-refractivity contribution is -0.132. The zero-order valence-electron chi connectivity index (χ0n) is 8.73. The van der Waals surface area contributed by atoms with Crippen LogP contribution in [0.5, 0.6) is 0 Å². The highest BCUT2D eigenvalue weighted by Crippen LogP contribution is 2.06. The van der Waals surface area contributed by atoms with Gasteiger partial charge in [0.15, 0.2) is 5.84 Å². The summed E-state index contributed by atoms with van der Waals surface area (Å²) in [6, 6.07) is 3.81. The molecule has 0 saturated heterocycles. The molecule has 0 aromatic carbocycles. The van der Waals surface area contributed by atoms with Crippen molar-refractivity contribution in [3.8, 4) is 0 Å². The maximum Gasteiger partial charge on any atom is 0.320 e. The third-order valence-corrected chi connectivity index (χ3v) is 1.92. The summed E-state index contributed by atoms with van der Waals surface area (Å²) in [4.78, 5) is 22.6. The SMILES string of the molecule is CCc1cccnc1C(=NC)NOC=O. The molecule has 1 aromatic heterocycles. The van der Waals surface area contributed by atoms with Gasteiger partial charge in [-0.15, -0.1) is 0 Å². The second-order valence-electron chi connectivity index (χ2n) is 2.75. The normalized spacial score (nSPS) is 10.9. The van der Waals surface area contributed by atoms with E-state index in [0.29, 0.717) is 18.0 Å². The number of carbonyl (C=O) groups is 1. The van der Waals surface area contributed by atoms with Crippen LogP contribution in [0.25, 0.3) is 0 Å². The number of carbonyl (C=O) groups excluding carboxylic acids is 1. The van der Waals surface area contributed by atoms with Crippen LogP contribution in [0.3, 0.4) is 0 Å². The molecule has 0 radical (unpaired) electrons. The van der Waals surface area contributed by atoms with Gasteiger partial charge in [0.2, 0.25) is 0 Å². The van der Waals surface area contributed by atoms with E-state index in [2.05, 4.69) is 20.3 Å². The predicted octanol–water partition coefficient (Wildman–Crippen LogP) is 0.698. The molecule has 0 aliphatic rings. The maximum absolute atomic E-state index is 10.1. The van der Waals surface area contributed by atoms with Crippen LogP contribution in [0.4, 0.5) is 0 Å². The van der Waals surface area contributed by atoms with Crippen LogP contribution in [0.15, 0.2) is 23.3 Å². The van der Waals surface area contributed by atoms with Crippen molar-refractivity contribution in [3.05, 3.63) is 29.6 Å². The monoisotopic (exact) mass is 207 g/mol. The zero-order valence-corrected chi connectivity index (χ0v) is 8.73. The first-order valence-corrected chi connectivity index (χ1v) is 4.59. The van der Waals surface area contributed by atoms with Crippen LogP contribution in [-0.2, 0) is 16.1 Å². The first-order chi connectivity index (χ1) is 7.33. The number of nitrogens with one attached hydrogen (secondary N) is 1. The molecule has 5 heteroatoms. The molecule has 0 saturated carbocycles. The van der Waals surface area contributed by atoms with E-state index in [1.165, 1.54) is 0 Å². The number of aryl methyl sites for hydroxylation is 1. The summed E-state index contributed by atoms with van der Waals surface area (Å²) < 4.78 is 0. The van der Waals surface area contributed by atoms with Gasteiger partial charge in [0.25, 0.3) is 0 Å². The Kier molecular flexibility index (Phi) is 4.28. The molecule has 0 unspecified atom stereocenters. The summed E-state index contributed by atoms with van der Waals surface area (Å²) in [7, 11) is 1.60. The third-order valence-electron chi connectivity index (χ3n) is 1.92. The summed E-state index contributed by atoms with van der Waals surface area (Å²) in [5, 5.41) is 0. The van der Waals surface area contributed by atoms with Gasteiger partial charge in [0, 0.05) is 13.2 Å². The van der Waals surface area contributed by atoms with Crippen LogP contribution in [0.1, 0.15) is 18.2 Å². The summed E-state index contributed by atoms with van der Waals surface area (Å²) in [5.74, 6) is 0.444. The fourth-order valence-electron chi connectivity index (χ4n) is 1.22. The van der Waals surface area contributed by atoms with Crippen molar-refractivity contribution in [1.29, 1.82) is 0 Å². The number of hydroxylamine groups is 1. The molecule has 0 fully saturated rings. The lowest BCUT2D eigenvalue weighted by Gasteiger charge is -2.08. The molecule has 1 N–H and O–H groups in total. The van der Waals surface area contributed by atoms with Gasteiger partial charge >= 0.3 is 6.47 Å². The summed E-state index contributed by atoms with van der Waals surface area (Å²) in [6.45, 7) is 2.33. The Hall–Kier alpha value is -1.91. The van der Waals surface area contributed by atoms with Crippen molar-refractivity contribution in [2.24, 2.45) is 4.99 Å². The number of aromatic nitrogens is 1. The molecule has 0 atom stereocenters. The first kappa shape index (κ1) is 11.2. The Morgan fingerprint density at radius 1 is 1.73 bits per heavy atom. The molecule has 1 aromatic rings. The standard InChI is InChI=1S/C10H13N3O2/c1-3-8-5-4-6-12-9(8)10(11-2)13-15-7-14/h4-7H,3H2,1-2H3,(H,11,13). The number of hydrogen-bond donors (Lipinski definition) is 1. The summed E-state index contributed by atoms with van der Waals surface area (Å²) >= 11 is 0. The second-order valence-corrected chi connectivity index (χ2v) is 2.75. The summed E-state index contributed by atoms with van der Waals surface area (Å²) in [6.07, 6.45) is 2.51. The average Bonchev–Trinajstić information content (AvgIpc) is 2.30. The minimum atomic E-state index is 0.305. The lowest BCUT2D eigenvalue weighted by atomic mass is 10.1. The van der Waals surface area contributed by atoms with Crippen molar-refractivity contribution in [3.63, 3.8) is 0 Å². The molecule has 0 amide bonds. The number of hydrogen-bond acceptors (Lipinski definition) is 4. The Morgan fingerprint density at radius 3 is 3.13 bits per heavy atom. The van der Waals surface area contributed by atoms with Gasteiger partial charge in [0.05, 0.1) is 0 Å². The van der Waals surface area contributed by atoms with E-state index in [-0.39, 0.29) is 0 Å². The van der Waals surface area contributed by atoms with E-state index >= 15 is 0 Å². The number of amidine groups is 1. The molecule has 5 nitrogen and oxygen atoms in total. The first-order valence-electron chi connectivity index (χ1n) is 4.59. The van der Waals surface area contributed by atoms with E-state index in [1.54, 1.807) is 13.2 Å². The van der Waals surface area contributed by atoms with E-state index in [4.69, 9.17) is 0 Å². The van der Waals surface area contributed by atoms with Crippen molar-refractivity contribution < 1.29 is 9.63 Å². The Bertz CT molecular complexity index is 363. The van der Waals surface area contributed by atoms with Gasteiger partial charge in [-0.05, 0) is 18.1 Å². The molecule has 1 heterocycles. The average molecular weight is 207 g/mol. The lowest BCUT2D eigenvalue weighted by Crippen LogP contribution is -2.26. The van der Waals surface area contributed by atoms with Crippen LogP contribution >= 0.6 is 0 Å². The van der Waals surface area contributed by atoms with E-state index in [9.17, 15) is 4.79 Å². The van der Waals surface area contributed by atoms with Crippen molar-refractivity contribution in [2.45, 2.75) is 13.3 Å². The molecule has 0 aliphatic heterocycles. The van der Waals surface area contributed by atoms with Crippen LogP contribution < -0.4 is 5.48 Å². The van der Waals surface area contributed by atoms with Gasteiger partial charge in [-0.3, -0.25) is 14.8 Å². The number of rotatable bonds is 4. The molecule has 0 spiro atoms. The van der Waals surface area contributed by atoms with Crippen molar-refractivity contribution in [2.75, 3.05) is 7.05 Å². The molecule has 1 rings (SSSR count). The summed E-state index contributed by atoms with van der Waals surface area (Å²) in [5.41, 5.74) is 4.17. The van der Waals surface area contributed by atoms with Crippen molar-refractivity contribution >= 4 is 12.3 Å². The molecular weight excluding hydrogens is 194 g/mol. The van der Waals surface area contributed by atoms with E-state index in [0.717, 1.165) is 12.0 Å². The van der Waals surface area contributed by atoms with Crippen molar-refractivity contribution in [1.82, 2.24) is 10.5 Å². The van der Waals surface area contributed by atoms with Gasteiger partial charge in [-0.25, -0.2) is 0 Å². The van der Waals surface area contributed by atoms with Crippen LogP contribution in [-0.4, -0.2) is 24.3 Å². The Morgan fingerprint density at radius 2 is 2.53 bits per heavy atom. The zero-order chi connectivity index (χ0) is 11.1. The van der Waals surface area contributed by atoms with Crippen LogP contribution in [0, 0.1) is 0 Å². The number of pyridine rings is 1. The minimum Gasteiger partial charge on any atom is -0.345 e. The minimum absolute atomic E-state index is 0.305. The quantitative estimate of drug-likeness (QED) is 0.341.